The summed E-state index contributed by atoms with van der Waals surface area (Å²) >= 11 is 0. The first-order valence-electron chi connectivity index (χ1n) is 7.47. The smallest absolute Gasteiger partial charge is 0.381 e. The molecule has 0 aromatic carbocycles. The average molecular weight is 339 g/mol. The highest BCUT2D eigenvalue weighted by atomic mass is 19.4. The molecule has 1 aliphatic heterocycles. The molecular formula is C15H16F3N5O. The first-order chi connectivity index (χ1) is 11.4. The van der Waals surface area contributed by atoms with Crippen molar-refractivity contribution in [1.29, 1.82) is 0 Å². The Morgan fingerprint density at radius 3 is 2.79 bits per heavy atom. The predicted octanol–water partition coefficient (Wildman–Crippen LogP) is 2.71. The number of rotatable bonds is 4. The van der Waals surface area contributed by atoms with E-state index in [0.717, 1.165) is 18.2 Å². The lowest BCUT2D eigenvalue weighted by atomic mass is 10.1. The third-order valence-corrected chi connectivity index (χ3v) is 3.65. The lowest BCUT2D eigenvalue weighted by Crippen LogP contribution is -2.14. The van der Waals surface area contributed by atoms with E-state index in [2.05, 4.69) is 25.3 Å². The number of hydrogen-bond donors (Lipinski definition) is 1. The van der Waals surface area contributed by atoms with Crippen molar-refractivity contribution in [3.8, 4) is 0 Å². The summed E-state index contributed by atoms with van der Waals surface area (Å²) in [4.78, 5) is 15.9. The van der Waals surface area contributed by atoms with Crippen molar-refractivity contribution in [2.75, 3.05) is 18.5 Å². The zero-order chi connectivity index (χ0) is 17.2. The fourth-order valence-electron chi connectivity index (χ4n) is 2.48. The minimum Gasteiger partial charge on any atom is -0.381 e. The molecule has 1 atom stereocenters. The standard InChI is InChI=1S/C15H16F3N5O/c1-9-4-12(15(16,17)18)23-14(22-9)6-19-13-5-11(20-8-21-13)10-2-3-24-7-10/h4-5,8,10H,2-3,6-7H2,1H3,(H,19,20,21)/t10-/m0/s1. The van der Waals surface area contributed by atoms with Gasteiger partial charge in [0.1, 0.15) is 23.7 Å². The van der Waals surface area contributed by atoms with Gasteiger partial charge in [0.15, 0.2) is 0 Å². The van der Waals surface area contributed by atoms with Gasteiger partial charge in [-0.15, -0.1) is 0 Å². The lowest BCUT2D eigenvalue weighted by Gasteiger charge is -2.11. The number of aryl methyl sites for hydroxylation is 1. The first-order valence-corrected chi connectivity index (χ1v) is 7.47. The van der Waals surface area contributed by atoms with E-state index in [0.29, 0.717) is 19.0 Å². The molecule has 0 unspecified atom stereocenters. The Hall–Kier alpha value is -2.29. The molecule has 0 bridgehead atoms. The molecule has 3 rings (SSSR count). The normalized spacial score (nSPS) is 17.9. The van der Waals surface area contributed by atoms with Crippen LogP contribution in [-0.4, -0.2) is 33.1 Å². The van der Waals surface area contributed by atoms with Crippen molar-refractivity contribution in [2.24, 2.45) is 0 Å². The summed E-state index contributed by atoms with van der Waals surface area (Å²) in [7, 11) is 0. The molecule has 0 spiro atoms. The van der Waals surface area contributed by atoms with Crippen LogP contribution in [0.1, 0.15) is 35.2 Å². The molecule has 1 N–H and O–H groups in total. The zero-order valence-electron chi connectivity index (χ0n) is 13.0. The fraction of sp³-hybridized carbons (Fsp3) is 0.467. The number of nitrogens with zero attached hydrogens (tertiary/aromatic N) is 4. The Bertz CT molecular complexity index is 716. The third kappa shape index (κ3) is 3.97. The molecule has 0 aliphatic carbocycles. The molecule has 2 aromatic rings. The van der Waals surface area contributed by atoms with E-state index in [1.54, 1.807) is 6.07 Å². The number of alkyl halides is 3. The molecule has 0 amide bonds. The van der Waals surface area contributed by atoms with E-state index in [9.17, 15) is 13.2 Å². The fourth-order valence-corrected chi connectivity index (χ4v) is 2.48. The predicted molar refractivity (Wildman–Crippen MR) is 79.3 cm³/mol. The van der Waals surface area contributed by atoms with Crippen molar-refractivity contribution in [1.82, 2.24) is 19.9 Å². The Morgan fingerprint density at radius 1 is 1.25 bits per heavy atom. The van der Waals surface area contributed by atoms with Gasteiger partial charge in [-0.3, -0.25) is 0 Å². The van der Waals surface area contributed by atoms with Gasteiger partial charge in [-0.25, -0.2) is 19.9 Å². The molecule has 128 valence electrons. The molecule has 1 aliphatic rings. The third-order valence-electron chi connectivity index (χ3n) is 3.65. The van der Waals surface area contributed by atoms with Gasteiger partial charge in [0.05, 0.1) is 18.8 Å². The number of anilines is 1. The molecule has 3 heterocycles. The minimum absolute atomic E-state index is 0.0440. The van der Waals surface area contributed by atoms with Crippen LogP contribution in [-0.2, 0) is 17.5 Å². The van der Waals surface area contributed by atoms with Gasteiger partial charge < -0.3 is 10.1 Å². The molecular weight excluding hydrogens is 323 g/mol. The monoisotopic (exact) mass is 339 g/mol. The highest BCUT2D eigenvalue weighted by Gasteiger charge is 2.33. The maximum Gasteiger partial charge on any atom is 0.433 e. The van der Waals surface area contributed by atoms with Gasteiger partial charge in [0.2, 0.25) is 0 Å². The number of aromatic nitrogens is 4. The number of hydrogen-bond acceptors (Lipinski definition) is 6. The van der Waals surface area contributed by atoms with Gasteiger partial charge in [-0.05, 0) is 19.4 Å². The minimum atomic E-state index is -4.49. The van der Waals surface area contributed by atoms with E-state index < -0.39 is 11.9 Å². The van der Waals surface area contributed by atoms with E-state index in [1.807, 2.05) is 0 Å². The van der Waals surface area contributed by atoms with Crippen LogP contribution in [0.2, 0.25) is 0 Å². The summed E-state index contributed by atoms with van der Waals surface area (Å²) in [6.07, 6.45) is -2.17. The van der Waals surface area contributed by atoms with Gasteiger partial charge >= 0.3 is 6.18 Å². The van der Waals surface area contributed by atoms with Crippen LogP contribution < -0.4 is 5.32 Å². The van der Waals surface area contributed by atoms with Gasteiger partial charge in [-0.2, -0.15) is 13.2 Å². The maximum absolute atomic E-state index is 12.8. The van der Waals surface area contributed by atoms with Crippen LogP contribution in [0, 0.1) is 6.92 Å². The van der Waals surface area contributed by atoms with Crippen LogP contribution in [0.15, 0.2) is 18.5 Å². The molecule has 9 heteroatoms. The second-order valence-corrected chi connectivity index (χ2v) is 5.55. The second-order valence-electron chi connectivity index (χ2n) is 5.55. The lowest BCUT2D eigenvalue weighted by molar-refractivity contribution is -0.141. The van der Waals surface area contributed by atoms with Gasteiger partial charge in [0, 0.05) is 24.3 Å². The summed E-state index contributed by atoms with van der Waals surface area (Å²) in [6, 6.07) is 2.70. The quantitative estimate of drug-likeness (QED) is 0.923. The maximum atomic E-state index is 12.8. The summed E-state index contributed by atoms with van der Waals surface area (Å²) in [6.45, 7) is 2.87. The Morgan fingerprint density at radius 2 is 2.08 bits per heavy atom. The molecule has 1 fully saturated rings. The average Bonchev–Trinajstić information content (AvgIpc) is 3.06. The Kier molecular flexibility index (Phi) is 4.61. The van der Waals surface area contributed by atoms with Crippen LogP contribution in [0.25, 0.3) is 0 Å². The highest BCUT2D eigenvalue weighted by Crippen LogP contribution is 2.28. The van der Waals surface area contributed by atoms with Gasteiger partial charge in [0.25, 0.3) is 0 Å². The van der Waals surface area contributed by atoms with E-state index in [4.69, 9.17) is 4.74 Å². The highest BCUT2D eigenvalue weighted by molar-refractivity contribution is 5.36. The zero-order valence-corrected chi connectivity index (χ0v) is 13.0. The SMILES string of the molecule is Cc1cc(C(F)(F)F)nc(CNc2cc([C@H]3CCOC3)ncn2)n1. The number of ether oxygens (including phenoxy) is 1. The van der Waals surface area contributed by atoms with Crippen molar-refractivity contribution in [3.05, 3.63) is 41.4 Å². The van der Waals surface area contributed by atoms with Crippen molar-refractivity contribution < 1.29 is 17.9 Å². The molecule has 0 saturated carbocycles. The Balaban J connectivity index is 1.72. The molecule has 1 saturated heterocycles. The number of halogens is 3. The summed E-state index contributed by atoms with van der Waals surface area (Å²) in [5.74, 6) is 0.804. The van der Waals surface area contributed by atoms with Crippen LogP contribution in [0.3, 0.4) is 0 Å². The van der Waals surface area contributed by atoms with E-state index in [-0.39, 0.29) is 24.0 Å². The first kappa shape index (κ1) is 16.6. The van der Waals surface area contributed by atoms with Crippen LogP contribution in [0.4, 0.5) is 19.0 Å². The summed E-state index contributed by atoms with van der Waals surface area (Å²) in [5, 5.41) is 2.95. The summed E-state index contributed by atoms with van der Waals surface area (Å²) < 4.78 is 43.7. The van der Waals surface area contributed by atoms with Gasteiger partial charge in [-0.1, -0.05) is 0 Å². The molecule has 2 aromatic heterocycles. The van der Waals surface area contributed by atoms with Crippen molar-refractivity contribution >= 4 is 5.82 Å². The molecule has 24 heavy (non-hydrogen) atoms. The number of nitrogens with one attached hydrogen (secondary N) is 1. The topological polar surface area (TPSA) is 72.8 Å². The Labute approximate surface area is 136 Å². The van der Waals surface area contributed by atoms with Crippen molar-refractivity contribution in [2.45, 2.75) is 32.0 Å². The second kappa shape index (κ2) is 6.68. The van der Waals surface area contributed by atoms with E-state index in [1.165, 1.54) is 13.3 Å². The van der Waals surface area contributed by atoms with Crippen LogP contribution in [0.5, 0.6) is 0 Å². The summed E-state index contributed by atoms with van der Waals surface area (Å²) in [5.41, 5.74) is 0.171. The van der Waals surface area contributed by atoms with Crippen molar-refractivity contribution in [3.63, 3.8) is 0 Å². The molecule has 0 radical (unpaired) electrons. The van der Waals surface area contributed by atoms with Crippen LogP contribution >= 0.6 is 0 Å². The largest absolute Gasteiger partial charge is 0.433 e. The molecule has 6 nitrogen and oxygen atoms in total. The van der Waals surface area contributed by atoms with E-state index >= 15 is 0 Å².